The molecule has 1 fully saturated rings. The molecule has 0 spiro atoms. The highest BCUT2D eigenvalue weighted by molar-refractivity contribution is 7.80. The Balaban J connectivity index is 1.60. The minimum Gasteiger partial charge on any atom is -0.332 e. The number of rotatable bonds is 3. The molecule has 8 heteroatoms. The molecule has 1 aliphatic heterocycles. The normalized spacial score (nSPS) is 17.6. The van der Waals surface area contributed by atoms with Crippen LogP contribution in [0.4, 0.5) is 23.2 Å². The van der Waals surface area contributed by atoms with Crippen molar-refractivity contribution in [3.63, 3.8) is 0 Å². The average Bonchev–Trinajstić information content (AvgIpc) is 2.63. The Labute approximate surface area is 160 Å². The number of hydrogen-bond acceptors (Lipinski definition) is 1. The fourth-order valence-corrected chi connectivity index (χ4v) is 3.41. The van der Waals surface area contributed by atoms with Crippen LogP contribution in [0.25, 0.3) is 0 Å². The van der Waals surface area contributed by atoms with Gasteiger partial charge in [-0.2, -0.15) is 13.2 Å². The molecule has 1 atom stereocenters. The van der Waals surface area contributed by atoms with Crippen LogP contribution in [0.3, 0.4) is 0 Å². The smallest absolute Gasteiger partial charge is 0.332 e. The van der Waals surface area contributed by atoms with Gasteiger partial charge in [-0.3, -0.25) is 0 Å². The predicted octanol–water partition coefficient (Wildman–Crippen LogP) is 3.29. The summed E-state index contributed by atoms with van der Waals surface area (Å²) in [5.41, 5.74) is 0.642. The lowest BCUT2D eigenvalue weighted by Crippen LogP contribution is -3.13. The number of quaternary nitrogens is 1. The molecule has 3 nitrogen and oxygen atoms in total. The molecule has 1 saturated heterocycles. The van der Waals surface area contributed by atoms with Crippen LogP contribution in [0.1, 0.15) is 17.5 Å². The largest absolute Gasteiger partial charge is 0.416 e. The first-order chi connectivity index (χ1) is 12.8. The van der Waals surface area contributed by atoms with Crippen LogP contribution >= 0.6 is 12.2 Å². The summed E-state index contributed by atoms with van der Waals surface area (Å²) >= 11 is 5.40. The summed E-state index contributed by atoms with van der Waals surface area (Å²) in [6, 6.07) is 11.4. The van der Waals surface area contributed by atoms with Gasteiger partial charge in [-0.15, -0.1) is 0 Å². The number of hydrogen-bond donors (Lipinski definition) is 2. The van der Waals surface area contributed by atoms with Crippen molar-refractivity contribution in [1.29, 1.82) is 0 Å². The van der Waals surface area contributed by atoms with Gasteiger partial charge in [0, 0.05) is 24.2 Å². The summed E-state index contributed by atoms with van der Waals surface area (Å²) in [4.78, 5) is 3.22. The molecule has 0 amide bonds. The van der Waals surface area contributed by atoms with E-state index in [0.29, 0.717) is 17.5 Å². The van der Waals surface area contributed by atoms with E-state index < -0.39 is 11.7 Å². The lowest BCUT2D eigenvalue weighted by atomic mass is 10.2. The Hall–Kier alpha value is -2.19. The van der Waals surface area contributed by atoms with E-state index in [0.717, 1.165) is 43.8 Å². The van der Waals surface area contributed by atoms with Crippen LogP contribution in [0.5, 0.6) is 0 Å². The number of anilines is 1. The second kappa shape index (κ2) is 8.22. The van der Waals surface area contributed by atoms with Crippen LogP contribution in [0, 0.1) is 5.82 Å². The maximum Gasteiger partial charge on any atom is 0.416 e. The number of alkyl halides is 3. The van der Waals surface area contributed by atoms with E-state index in [1.54, 1.807) is 18.2 Å². The van der Waals surface area contributed by atoms with Crippen molar-refractivity contribution in [3.05, 3.63) is 65.5 Å². The summed E-state index contributed by atoms with van der Waals surface area (Å²) in [6.07, 6.45) is -3.47. The molecule has 0 bridgehead atoms. The van der Waals surface area contributed by atoms with Gasteiger partial charge in [-0.1, -0.05) is 18.2 Å². The standard InChI is InChI=1S/C19H19F4N3S/c20-16-7-5-14(6-8-16)12-25-9-2-10-26(13-25)18(27)24-17-4-1-3-15(11-17)19(21,22)23/h1,3-8,11H,2,9-10,12-13H2,(H,24,27)/p+1. The van der Waals surface area contributed by atoms with E-state index in [-0.39, 0.29) is 5.82 Å². The monoisotopic (exact) mass is 398 g/mol. The van der Waals surface area contributed by atoms with E-state index in [2.05, 4.69) is 5.32 Å². The first kappa shape index (κ1) is 19.6. The first-order valence-electron chi connectivity index (χ1n) is 8.62. The summed E-state index contributed by atoms with van der Waals surface area (Å²) in [5.74, 6) is -0.263. The molecule has 0 saturated carbocycles. The van der Waals surface area contributed by atoms with Crippen molar-refractivity contribution in [2.45, 2.75) is 19.1 Å². The Morgan fingerprint density at radius 2 is 1.89 bits per heavy atom. The fourth-order valence-electron chi connectivity index (χ4n) is 3.13. The summed E-state index contributed by atoms with van der Waals surface area (Å²) in [5, 5.41) is 3.32. The van der Waals surface area contributed by atoms with Gasteiger partial charge in [-0.05, 0) is 42.5 Å². The van der Waals surface area contributed by atoms with Crippen molar-refractivity contribution in [1.82, 2.24) is 4.90 Å². The van der Waals surface area contributed by atoms with Crippen molar-refractivity contribution in [3.8, 4) is 0 Å². The number of halogens is 4. The maximum atomic E-state index is 13.0. The highest BCUT2D eigenvalue weighted by atomic mass is 32.1. The van der Waals surface area contributed by atoms with Gasteiger partial charge < -0.3 is 15.1 Å². The van der Waals surface area contributed by atoms with Crippen LogP contribution in [-0.4, -0.2) is 29.8 Å². The van der Waals surface area contributed by atoms with Crippen molar-refractivity contribution < 1.29 is 22.5 Å². The van der Waals surface area contributed by atoms with E-state index >= 15 is 0 Å². The topological polar surface area (TPSA) is 19.7 Å². The zero-order valence-corrected chi connectivity index (χ0v) is 15.3. The van der Waals surface area contributed by atoms with Crippen LogP contribution < -0.4 is 10.2 Å². The zero-order chi connectivity index (χ0) is 19.4. The highest BCUT2D eigenvalue weighted by Gasteiger charge is 2.30. The molecule has 0 aromatic heterocycles. The SMILES string of the molecule is Fc1ccc(C[NH+]2CCCN(C(=S)Nc3cccc(C(F)(F)F)c3)C2)cc1. The Bertz CT molecular complexity index is 792. The fraction of sp³-hybridized carbons (Fsp3) is 0.316. The molecule has 1 heterocycles. The molecule has 3 rings (SSSR count). The molecule has 0 radical (unpaired) electrons. The molecule has 0 aliphatic carbocycles. The third-order valence-electron chi connectivity index (χ3n) is 4.47. The van der Waals surface area contributed by atoms with E-state index in [1.165, 1.54) is 23.1 Å². The second-order valence-corrected chi connectivity index (χ2v) is 6.97. The predicted molar refractivity (Wildman–Crippen MR) is 99.8 cm³/mol. The minimum absolute atomic E-state index is 0.263. The van der Waals surface area contributed by atoms with Gasteiger partial charge in [-0.25, -0.2) is 4.39 Å². The van der Waals surface area contributed by atoms with Gasteiger partial charge in [0.2, 0.25) is 0 Å². The third-order valence-corrected chi connectivity index (χ3v) is 4.83. The zero-order valence-electron chi connectivity index (χ0n) is 14.5. The summed E-state index contributed by atoms with van der Waals surface area (Å²) in [7, 11) is 0. The summed E-state index contributed by atoms with van der Waals surface area (Å²) in [6.45, 7) is 3.09. The molecule has 27 heavy (non-hydrogen) atoms. The lowest BCUT2D eigenvalue weighted by molar-refractivity contribution is -0.927. The maximum absolute atomic E-state index is 13.0. The van der Waals surface area contributed by atoms with Gasteiger partial charge in [0.1, 0.15) is 12.4 Å². The molecule has 2 aromatic carbocycles. The quantitative estimate of drug-likeness (QED) is 0.612. The Kier molecular flexibility index (Phi) is 5.96. The number of benzene rings is 2. The van der Waals surface area contributed by atoms with Crippen molar-refractivity contribution in [2.24, 2.45) is 0 Å². The van der Waals surface area contributed by atoms with Crippen LogP contribution in [0.2, 0.25) is 0 Å². The van der Waals surface area contributed by atoms with E-state index in [1.807, 2.05) is 4.90 Å². The minimum atomic E-state index is -4.39. The number of nitrogens with zero attached hydrogens (tertiary/aromatic N) is 1. The average molecular weight is 398 g/mol. The van der Waals surface area contributed by atoms with Gasteiger partial charge in [0.25, 0.3) is 0 Å². The van der Waals surface area contributed by atoms with Gasteiger partial charge in [0.05, 0.1) is 12.1 Å². The van der Waals surface area contributed by atoms with Crippen molar-refractivity contribution >= 4 is 23.0 Å². The molecule has 1 unspecified atom stereocenters. The van der Waals surface area contributed by atoms with Gasteiger partial charge in [0.15, 0.2) is 11.8 Å². The summed E-state index contributed by atoms with van der Waals surface area (Å²) < 4.78 is 51.6. The van der Waals surface area contributed by atoms with Crippen LogP contribution in [0.15, 0.2) is 48.5 Å². The molecule has 2 N–H and O–H groups in total. The van der Waals surface area contributed by atoms with E-state index in [9.17, 15) is 17.6 Å². The Morgan fingerprint density at radius 1 is 1.15 bits per heavy atom. The molecule has 144 valence electrons. The second-order valence-electron chi connectivity index (χ2n) is 6.59. The first-order valence-corrected chi connectivity index (χ1v) is 9.03. The molecule has 2 aromatic rings. The third kappa shape index (κ3) is 5.40. The van der Waals surface area contributed by atoms with E-state index in [4.69, 9.17) is 12.2 Å². The highest BCUT2D eigenvalue weighted by Crippen LogP contribution is 2.30. The molecular formula is C19H20F4N3S+. The lowest BCUT2D eigenvalue weighted by Gasteiger charge is -2.34. The molecular weight excluding hydrogens is 378 g/mol. The van der Waals surface area contributed by atoms with Gasteiger partial charge >= 0.3 is 6.18 Å². The Morgan fingerprint density at radius 3 is 2.59 bits per heavy atom. The number of thiocarbonyl (C=S) groups is 1. The molecule has 1 aliphatic rings. The van der Waals surface area contributed by atoms with Crippen LogP contribution in [-0.2, 0) is 12.7 Å². The number of nitrogens with one attached hydrogen (secondary N) is 2. The van der Waals surface area contributed by atoms with Crippen molar-refractivity contribution in [2.75, 3.05) is 25.1 Å².